The number of aryl methyl sites for hydroxylation is 1. The number of rotatable bonds is 4. The molecule has 1 unspecified atom stereocenters. The molecule has 0 aliphatic carbocycles. The molecule has 1 aromatic rings. The van der Waals surface area contributed by atoms with Crippen molar-refractivity contribution in [3.05, 3.63) is 35.4 Å². The lowest BCUT2D eigenvalue weighted by Gasteiger charge is -2.23. The highest BCUT2D eigenvalue weighted by atomic mass is 16.1. The fourth-order valence-electron chi connectivity index (χ4n) is 1.71. The Morgan fingerprint density at radius 2 is 1.80 bits per heavy atom. The number of ketones is 1. The normalized spacial score (nSPS) is 12.9. The molecular formula is C13H19NO. The first-order valence-electron chi connectivity index (χ1n) is 5.32. The van der Waals surface area contributed by atoms with E-state index in [9.17, 15) is 4.79 Å². The van der Waals surface area contributed by atoms with Gasteiger partial charge < -0.3 is 0 Å². The molecule has 0 heterocycles. The van der Waals surface area contributed by atoms with Gasteiger partial charge in [0.05, 0.1) is 6.04 Å². The number of likely N-dealkylation sites (N-methyl/N-ethyl adjacent to an activating group) is 1. The van der Waals surface area contributed by atoms with E-state index in [4.69, 9.17) is 0 Å². The van der Waals surface area contributed by atoms with Crippen LogP contribution in [0.15, 0.2) is 24.3 Å². The van der Waals surface area contributed by atoms with Gasteiger partial charge in [-0.1, -0.05) is 36.8 Å². The molecule has 0 radical (unpaired) electrons. The number of Topliss-reactive ketones (excluding diaryl/α,β-unsaturated/α-hetero) is 1. The molecule has 0 bridgehead atoms. The zero-order chi connectivity index (χ0) is 11.4. The zero-order valence-electron chi connectivity index (χ0n) is 9.95. The summed E-state index contributed by atoms with van der Waals surface area (Å²) in [5.74, 6) is 0.267. The third-order valence-corrected chi connectivity index (χ3v) is 2.56. The van der Waals surface area contributed by atoms with Gasteiger partial charge in [-0.3, -0.25) is 9.69 Å². The Hall–Kier alpha value is -1.15. The molecule has 0 aliphatic heterocycles. The highest BCUT2D eigenvalue weighted by Crippen LogP contribution is 2.20. The molecule has 82 valence electrons. The fraction of sp³-hybridized carbons (Fsp3) is 0.462. The van der Waals surface area contributed by atoms with Crippen molar-refractivity contribution in [1.29, 1.82) is 0 Å². The highest BCUT2D eigenvalue weighted by Gasteiger charge is 2.20. The molecule has 1 rings (SSSR count). The number of nitrogens with zero attached hydrogens (tertiary/aromatic N) is 1. The average Bonchev–Trinajstić information content (AvgIpc) is 2.20. The maximum absolute atomic E-state index is 11.8. The van der Waals surface area contributed by atoms with E-state index in [1.807, 2.05) is 38.1 Å². The molecule has 0 aliphatic rings. The van der Waals surface area contributed by atoms with Crippen molar-refractivity contribution in [3.8, 4) is 0 Å². The minimum atomic E-state index is -0.101. The van der Waals surface area contributed by atoms with Crippen LogP contribution < -0.4 is 0 Å². The molecule has 0 saturated carbocycles. The van der Waals surface area contributed by atoms with Gasteiger partial charge in [0.1, 0.15) is 0 Å². The van der Waals surface area contributed by atoms with Crippen LogP contribution in [0.5, 0.6) is 0 Å². The minimum absolute atomic E-state index is 0.101. The lowest BCUT2D eigenvalue weighted by atomic mass is 9.99. The maximum atomic E-state index is 11.8. The third kappa shape index (κ3) is 2.90. The summed E-state index contributed by atoms with van der Waals surface area (Å²) in [6, 6.07) is 8.07. The van der Waals surface area contributed by atoms with E-state index in [2.05, 4.69) is 19.1 Å². The quantitative estimate of drug-likeness (QED) is 0.753. The van der Waals surface area contributed by atoms with E-state index in [-0.39, 0.29) is 11.8 Å². The van der Waals surface area contributed by atoms with Crippen molar-refractivity contribution in [2.24, 2.45) is 0 Å². The molecule has 2 heteroatoms. The van der Waals surface area contributed by atoms with E-state index in [0.29, 0.717) is 6.42 Å². The van der Waals surface area contributed by atoms with Crippen LogP contribution in [0, 0.1) is 6.92 Å². The smallest absolute Gasteiger partial charge is 0.154 e. The van der Waals surface area contributed by atoms with E-state index >= 15 is 0 Å². The van der Waals surface area contributed by atoms with Gasteiger partial charge in [0.25, 0.3) is 0 Å². The first-order chi connectivity index (χ1) is 7.06. The van der Waals surface area contributed by atoms with Gasteiger partial charge in [-0.2, -0.15) is 0 Å². The van der Waals surface area contributed by atoms with E-state index in [1.54, 1.807) is 0 Å². The van der Waals surface area contributed by atoms with Crippen LogP contribution in [-0.2, 0) is 4.79 Å². The number of carbonyl (C=O) groups excluding carboxylic acids is 1. The Balaban J connectivity index is 2.99. The van der Waals surface area contributed by atoms with Gasteiger partial charge in [0.2, 0.25) is 0 Å². The summed E-state index contributed by atoms with van der Waals surface area (Å²) in [4.78, 5) is 13.8. The molecule has 0 fully saturated rings. The average molecular weight is 205 g/mol. The van der Waals surface area contributed by atoms with Crippen LogP contribution >= 0.6 is 0 Å². The van der Waals surface area contributed by atoms with Crippen LogP contribution in [0.25, 0.3) is 0 Å². The van der Waals surface area contributed by atoms with Crippen molar-refractivity contribution < 1.29 is 4.79 Å². The number of carbonyl (C=O) groups is 1. The summed E-state index contributed by atoms with van der Waals surface area (Å²) >= 11 is 0. The standard InChI is InChI=1S/C13H19NO/c1-5-12(15)13(14(3)4)11-8-6-10(2)7-9-11/h6-9,13H,5H2,1-4H3. The predicted molar refractivity (Wildman–Crippen MR) is 62.9 cm³/mol. The van der Waals surface area contributed by atoms with Gasteiger partial charge >= 0.3 is 0 Å². The third-order valence-electron chi connectivity index (χ3n) is 2.56. The van der Waals surface area contributed by atoms with Gasteiger partial charge in [-0.15, -0.1) is 0 Å². The second kappa shape index (κ2) is 5.08. The second-order valence-electron chi connectivity index (χ2n) is 4.10. The lowest BCUT2D eigenvalue weighted by molar-refractivity contribution is -0.123. The fourth-order valence-corrected chi connectivity index (χ4v) is 1.71. The Kier molecular flexibility index (Phi) is 4.04. The maximum Gasteiger partial charge on any atom is 0.154 e. The summed E-state index contributed by atoms with van der Waals surface area (Å²) < 4.78 is 0. The SMILES string of the molecule is CCC(=O)C(c1ccc(C)cc1)N(C)C. The molecule has 1 atom stereocenters. The lowest BCUT2D eigenvalue weighted by Crippen LogP contribution is -2.27. The topological polar surface area (TPSA) is 20.3 Å². The van der Waals surface area contributed by atoms with Crippen LogP contribution in [0.4, 0.5) is 0 Å². The molecule has 1 aromatic carbocycles. The Morgan fingerprint density at radius 3 is 2.20 bits per heavy atom. The summed E-state index contributed by atoms with van der Waals surface area (Å²) in [6.45, 7) is 3.96. The molecule has 0 spiro atoms. The molecule has 0 aromatic heterocycles. The largest absolute Gasteiger partial charge is 0.298 e. The number of benzene rings is 1. The van der Waals surface area contributed by atoms with Crippen LogP contribution in [0.3, 0.4) is 0 Å². The van der Waals surface area contributed by atoms with Gasteiger partial charge in [-0.05, 0) is 26.6 Å². The first kappa shape index (κ1) is 11.9. The minimum Gasteiger partial charge on any atom is -0.298 e. The first-order valence-corrected chi connectivity index (χ1v) is 5.32. The molecule has 2 nitrogen and oxygen atoms in total. The van der Waals surface area contributed by atoms with Crippen LogP contribution in [0.2, 0.25) is 0 Å². The van der Waals surface area contributed by atoms with Gasteiger partial charge in [0, 0.05) is 6.42 Å². The predicted octanol–water partition coefficient (Wildman–Crippen LogP) is 2.58. The molecule has 15 heavy (non-hydrogen) atoms. The van der Waals surface area contributed by atoms with E-state index in [1.165, 1.54) is 5.56 Å². The number of hydrogen-bond acceptors (Lipinski definition) is 2. The highest BCUT2D eigenvalue weighted by molar-refractivity contribution is 5.85. The van der Waals surface area contributed by atoms with E-state index in [0.717, 1.165) is 5.56 Å². The summed E-state index contributed by atoms with van der Waals surface area (Å²) in [6.07, 6.45) is 0.580. The van der Waals surface area contributed by atoms with Crippen molar-refractivity contribution in [3.63, 3.8) is 0 Å². The van der Waals surface area contributed by atoms with Crippen molar-refractivity contribution >= 4 is 5.78 Å². The van der Waals surface area contributed by atoms with E-state index < -0.39 is 0 Å². The summed E-state index contributed by atoms with van der Waals surface area (Å²) in [5.41, 5.74) is 2.30. The van der Waals surface area contributed by atoms with Crippen molar-refractivity contribution in [2.75, 3.05) is 14.1 Å². The molecule has 0 saturated heterocycles. The number of hydrogen-bond donors (Lipinski definition) is 0. The van der Waals surface area contributed by atoms with Gasteiger partial charge in [0.15, 0.2) is 5.78 Å². The summed E-state index contributed by atoms with van der Waals surface area (Å²) in [7, 11) is 3.89. The molecule has 0 amide bonds. The zero-order valence-corrected chi connectivity index (χ0v) is 9.95. The van der Waals surface area contributed by atoms with Crippen LogP contribution in [0.1, 0.15) is 30.5 Å². The Labute approximate surface area is 91.9 Å². The summed E-state index contributed by atoms with van der Waals surface area (Å²) in [5, 5.41) is 0. The second-order valence-corrected chi connectivity index (χ2v) is 4.10. The Morgan fingerprint density at radius 1 is 1.27 bits per heavy atom. The van der Waals surface area contributed by atoms with Gasteiger partial charge in [-0.25, -0.2) is 0 Å². The van der Waals surface area contributed by atoms with Crippen LogP contribution in [-0.4, -0.2) is 24.8 Å². The van der Waals surface area contributed by atoms with Crippen molar-refractivity contribution in [1.82, 2.24) is 4.90 Å². The Bertz CT molecular complexity index is 327. The van der Waals surface area contributed by atoms with Crippen molar-refractivity contribution in [2.45, 2.75) is 26.3 Å². The molecular weight excluding hydrogens is 186 g/mol. The molecule has 0 N–H and O–H groups in total. The monoisotopic (exact) mass is 205 g/mol.